The molecule has 0 unspecified atom stereocenters. The molecule has 0 bridgehead atoms. The van der Waals surface area contributed by atoms with Crippen LogP contribution in [0.1, 0.15) is 18.4 Å². The first kappa shape index (κ1) is 14.6. The fourth-order valence-electron chi connectivity index (χ4n) is 2.55. The lowest BCUT2D eigenvalue weighted by Gasteiger charge is -2.18. The molecule has 114 valence electrons. The first-order chi connectivity index (χ1) is 10.6. The molecular formula is C17H15F3N2. The number of halogens is 3. The van der Waals surface area contributed by atoms with Gasteiger partial charge >= 0.3 is 0 Å². The maximum atomic E-state index is 14.1. The number of aliphatic imine (C=N–C) groups is 1. The summed E-state index contributed by atoms with van der Waals surface area (Å²) in [5, 5.41) is 0. The molecule has 22 heavy (non-hydrogen) atoms. The van der Waals surface area contributed by atoms with E-state index in [2.05, 4.69) is 4.99 Å². The van der Waals surface area contributed by atoms with Crippen molar-refractivity contribution in [2.45, 2.75) is 12.8 Å². The molecule has 2 nitrogen and oxygen atoms in total. The second-order valence-corrected chi connectivity index (χ2v) is 5.26. The van der Waals surface area contributed by atoms with Crippen LogP contribution in [0, 0.1) is 17.5 Å². The maximum absolute atomic E-state index is 14.1. The number of benzene rings is 2. The van der Waals surface area contributed by atoms with Gasteiger partial charge in [0.1, 0.15) is 11.6 Å². The van der Waals surface area contributed by atoms with Crippen LogP contribution in [0.3, 0.4) is 0 Å². The molecule has 2 aromatic carbocycles. The highest BCUT2D eigenvalue weighted by Crippen LogP contribution is 2.24. The largest absolute Gasteiger partial charge is 0.369 e. The van der Waals surface area contributed by atoms with Crippen molar-refractivity contribution in [3.05, 3.63) is 59.4 Å². The van der Waals surface area contributed by atoms with Crippen molar-refractivity contribution < 1.29 is 13.2 Å². The van der Waals surface area contributed by atoms with Crippen LogP contribution in [-0.2, 0) is 0 Å². The summed E-state index contributed by atoms with van der Waals surface area (Å²) in [4.78, 5) is 5.95. The molecule has 0 spiro atoms. The quantitative estimate of drug-likeness (QED) is 0.765. The van der Waals surface area contributed by atoms with Crippen LogP contribution in [0.2, 0.25) is 0 Å². The van der Waals surface area contributed by atoms with Gasteiger partial charge in [-0.3, -0.25) is 4.99 Å². The van der Waals surface area contributed by atoms with Gasteiger partial charge in [-0.05, 0) is 42.7 Å². The predicted octanol–water partition coefficient (Wildman–Crippen LogP) is 4.45. The second-order valence-electron chi connectivity index (χ2n) is 5.26. The van der Waals surface area contributed by atoms with E-state index in [1.54, 1.807) is 12.1 Å². The van der Waals surface area contributed by atoms with Gasteiger partial charge in [0.25, 0.3) is 0 Å². The Hall–Kier alpha value is -2.30. The van der Waals surface area contributed by atoms with Crippen molar-refractivity contribution in [3.8, 4) is 0 Å². The minimum absolute atomic E-state index is 0.0189. The minimum Gasteiger partial charge on any atom is -0.369 e. The monoisotopic (exact) mass is 304 g/mol. The Labute approximate surface area is 126 Å². The normalized spacial score (nSPS) is 15.0. The lowest BCUT2D eigenvalue weighted by atomic mass is 10.2. The van der Waals surface area contributed by atoms with Crippen LogP contribution < -0.4 is 4.90 Å². The molecule has 1 heterocycles. The van der Waals surface area contributed by atoms with Gasteiger partial charge in [-0.15, -0.1) is 0 Å². The van der Waals surface area contributed by atoms with E-state index >= 15 is 0 Å². The van der Waals surface area contributed by atoms with E-state index < -0.39 is 11.6 Å². The molecule has 2 aromatic rings. The highest BCUT2D eigenvalue weighted by Gasteiger charge is 2.15. The van der Waals surface area contributed by atoms with Crippen molar-refractivity contribution in [2.24, 2.45) is 4.99 Å². The first-order valence-electron chi connectivity index (χ1n) is 7.17. The van der Waals surface area contributed by atoms with Gasteiger partial charge in [-0.25, -0.2) is 13.2 Å². The summed E-state index contributed by atoms with van der Waals surface area (Å²) in [7, 11) is 0. The van der Waals surface area contributed by atoms with Gasteiger partial charge < -0.3 is 4.90 Å². The molecule has 1 aliphatic heterocycles. The topological polar surface area (TPSA) is 15.6 Å². The van der Waals surface area contributed by atoms with Gasteiger partial charge in [0.2, 0.25) is 0 Å². The van der Waals surface area contributed by atoms with Crippen LogP contribution in [0.4, 0.5) is 24.5 Å². The van der Waals surface area contributed by atoms with Crippen LogP contribution in [0.25, 0.3) is 0 Å². The highest BCUT2D eigenvalue weighted by atomic mass is 19.1. The molecule has 0 atom stereocenters. The third-order valence-corrected chi connectivity index (χ3v) is 3.68. The Balaban J connectivity index is 1.80. The highest BCUT2D eigenvalue weighted by molar-refractivity contribution is 5.82. The van der Waals surface area contributed by atoms with E-state index in [9.17, 15) is 13.2 Å². The Morgan fingerprint density at radius 1 is 0.909 bits per heavy atom. The molecule has 0 radical (unpaired) electrons. The summed E-state index contributed by atoms with van der Waals surface area (Å²) in [6.45, 7) is 1.73. The lowest BCUT2D eigenvalue weighted by Crippen LogP contribution is -2.18. The van der Waals surface area contributed by atoms with Gasteiger partial charge in [0.15, 0.2) is 5.82 Å². The van der Waals surface area contributed by atoms with Crippen molar-refractivity contribution in [3.63, 3.8) is 0 Å². The van der Waals surface area contributed by atoms with E-state index in [0.717, 1.165) is 38.1 Å². The van der Waals surface area contributed by atoms with Crippen LogP contribution in [0.15, 0.2) is 41.4 Å². The molecule has 1 fully saturated rings. The van der Waals surface area contributed by atoms with Crippen LogP contribution in [0.5, 0.6) is 0 Å². The summed E-state index contributed by atoms with van der Waals surface area (Å²) in [5.74, 6) is -1.71. The maximum Gasteiger partial charge on any atom is 0.151 e. The third-order valence-electron chi connectivity index (χ3n) is 3.68. The van der Waals surface area contributed by atoms with Crippen molar-refractivity contribution >= 4 is 17.6 Å². The standard InChI is InChI=1S/C17H15F3N2/c18-13-4-5-16(14(19)10-13)21-11-12-3-6-17(15(20)9-12)22-7-1-2-8-22/h3-6,9-11H,1-2,7-8H2. The summed E-state index contributed by atoms with van der Waals surface area (Å²) in [6, 6.07) is 7.97. The average molecular weight is 304 g/mol. The zero-order valence-electron chi connectivity index (χ0n) is 11.9. The first-order valence-corrected chi connectivity index (χ1v) is 7.17. The Bertz CT molecular complexity index is 707. The number of anilines is 1. The Kier molecular flexibility index (Phi) is 4.13. The van der Waals surface area contributed by atoms with E-state index in [4.69, 9.17) is 0 Å². The lowest BCUT2D eigenvalue weighted by molar-refractivity contribution is 0.585. The fourth-order valence-corrected chi connectivity index (χ4v) is 2.55. The van der Waals surface area contributed by atoms with Crippen molar-refractivity contribution in [2.75, 3.05) is 18.0 Å². The second kappa shape index (κ2) is 6.22. The number of rotatable bonds is 3. The molecule has 1 saturated heterocycles. The third kappa shape index (κ3) is 3.13. The molecule has 0 saturated carbocycles. The van der Waals surface area contributed by atoms with E-state index in [1.807, 2.05) is 4.90 Å². The zero-order valence-corrected chi connectivity index (χ0v) is 11.9. The fraction of sp³-hybridized carbons (Fsp3) is 0.235. The van der Waals surface area contributed by atoms with Gasteiger partial charge in [0, 0.05) is 25.4 Å². The Morgan fingerprint density at radius 3 is 2.36 bits per heavy atom. The summed E-state index contributed by atoms with van der Waals surface area (Å²) >= 11 is 0. The van der Waals surface area contributed by atoms with Crippen molar-refractivity contribution in [1.82, 2.24) is 0 Å². The molecule has 0 N–H and O–H groups in total. The average Bonchev–Trinajstić information content (AvgIpc) is 3.00. The minimum atomic E-state index is -0.745. The summed E-state index contributed by atoms with van der Waals surface area (Å²) in [6.07, 6.45) is 3.52. The van der Waals surface area contributed by atoms with Crippen LogP contribution in [-0.4, -0.2) is 19.3 Å². The van der Waals surface area contributed by atoms with Crippen LogP contribution >= 0.6 is 0 Å². The molecule has 0 aromatic heterocycles. The number of hydrogen-bond acceptors (Lipinski definition) is 2. The SMILES string of the molecule is Fc1ccc(N=Cc2ccc(N3CCCC3)c(F)c2)c(F)c1. The number of hydrogen-bond donors (Lipinski definition) is 0. The smallest absolute Gasteiger partial charge is 0.151 e. The Morgan fingerprint density at radius 2 is 1.68 bits per heavy atom. The summed E-state index contributed by atoms with van der Waals surface area (Å²) < 4.78 is 40.4. The van der Waals surface area contributed by atoms with Gasteiger partial charge in [-0.1, -0.05) is 6.07 Å². The molecule has 0 aliphatic carbocycles. The summed E-state index contributed by atoms with van der Waals surface area (Å²) in [5.41, 5.74) is 1.14. The van der Waals surface area contributed by atoms with Crippen molar-refractivity contribution in [1.29, 1.82) is 0 Å². The molecule has 0 amide bonds. The molecule has 3 rings (SSSR count). The molecule has 1 aliphatic rings. The van der Waals surface area contributed by atoms with E-state index in [0.29, 0.717) is 11.3 Å². The zero-order chi connectivity index (χ0) is 15.5. The van der Waals surface area contributed by atoms with Gasteiger partial charge in [-0.2, -0.15) is 0 Å². The number of nitrogens with zero attached hydrogens (tertiary/aromatic N) is 2. The predicted molar refractivity (Wildman–Crippen MR) is 81.5 cm³/mol. The van der Waals surface area contributed by atoms with Gasteiger partial charge in [0.05, 0.1) is 11.4 Å². The molecule has 5 heteroatoms. The van der Waals surface area contributed by atoms with E-state index in [1.165, 1.54) is 18.3 Å². The molecular weight excluding hydrogens is 289 g/mol. The van der Waals surface area contributed by atoms with E-state index in [-0.39, 0.29) is 11.5 Å².